The Balaban J connectivity index is 1.55. The summed E-state index contributed by atoms with van der Waals surface area (Å²) >= 11 is 3.19. The first-order chi connectivity index (χ1) is 14.0. The molecule has 1 N–H and O–H groups in total. The molecule has 0 radical (unpaired) electrons. The maximum absolute atomic E-state index is 12.6. The molecular formula is C23H22N2O2S2. The average molecular weight is 423 g/mol. The van der Waals surface area contributed by atoms with Crippen LogP contribution in [0.5, 0.6) is 0 Å². The SMILES string of the molecule is Cc1ccc(N2C(=O)CS[C@H]2c2cccc(NC(=O)Cc3cccs3)c2)cc1C. The van der Waals surface area contributed by atoms with Gasteiger partial charge in [-0.25, -0.2) is 0 Å². The number of thiophene rings is 1. The lowest BCUT2D eigenvalue weighted by atomic mass is 10.1. The third kappa shape index (κ3) is 4.38. The summed E-state index contributed by atoms with van der Waals surface area (Å²) in [5.41, 5.74) is 5.05. The Morgan fingerprint density at radius 3 is 2.72 bits per heavy atom. The van der Waals surface area contributed by atoms with Crippen LogP contribution in [0.1, 0.15) is 26.9 Å². The molecule has 0 spiro atoms. The maximum Gasteiger partial charge on any atom is 0.238 e. The van der Waals surface area contributed by atoms with Gasteiger partial charge in [-0.15, -0.1) is 23.1 Å². The van der Waals surface area contributed by atoms with Crippen LogP contribution in [-0.4, -0.2) is 17.6 Å². The molecule has 1 saturated heterocycles. The normalized spacial score (nSPS) is 16.3. The Hall–Kier alpha value is -2.57. The molecule has 1 fully saturated rings. The van der Waals surface area contributed by atoms with Crippen molar-refractivity contribution >= 4 is 46.3 Å². The van der Waals surface area contributed by atoms with Crippen molar-refractivity contribution in [3.63, 3.8) is 0 Å². The van der Waals surface area contributed by atoms with E-state index in [9.17, 15) is 9.59 Å². The molecule has 1 aliphatic rings. The fourth-order valence-corrected chi connectivity index (χ4v) is 5.24. The van der Waals surface area contributed by atoms with Gasteiger partial charge in [-0.2, -0.15) is 0 Å². The molecular weight excluding hydrogens is 400 g/mol. The second-order valence-corrected chi connectivity index (χ2v) is 9.23. The Bertz CT molecular complexity index is 1050. The highest BCUT2D eigenvalue weighted by Crippen LogP contribution is 2.42. The van der Waals surface area contributed by atoms with Gasteiger partial charge in [0.1, 0.15) is 5.37 Å². The molecule has 3 aromatic rings. The fourth-order valence-electron chi connectivity index (χ4n) is 3.37. The Morgan fingerprint density at radius 1 is 1.10 bits per heavy atom. The van der Waals surface area contributed by atoms with Gasteiger partial charge in [0.25, 0.3) is 0 Å². The highest BCUT2D eigenvalue weighted by Gasteiger charge is 2.34. The third-order valence-electron chi connectivity index (χ3n) is 5.01. The van der Waals surface area contributed by atoms with Crippen LogP contribution in [0.3, 0.4) is 0 Å². The first-order valence-corrected chi connectivity index (χ1v) is 11.4. The minimum Gasteiger partial charge on any atom is -0.326 e. The maximum atomic E-state index is 12.6. The number of rotatable bonds is 5. The summed E-state index contributed by atoms with van der Waals surface area (Å²) in [5.74, 6) is 0.521. The minimum absolute atomic E-state index is 0.0363. The van der Waals surface area contributed by atoms with E-state index >= 15 is 0 Å². The predicted octanol–water partition coefficient (Wildman–Crippen LogP) is 5.32. The topological polar surface area (TPSA) is 49.4 Å². The predicted molar refractivity (Wildman–Crippen MR) is 122 cm³/mol. The average Bonchev–Trinajstić information content (AvgIpc) is 3.34. The fraction of sp³-hybridized carbons (Fsp3) is 0.217. The second kappa shape index (κ2) is 8.43. The molecule has 2 heterocycles. The number of carbonyl (C=O) groups is 2. The number of anilines is 2. The van der Waals surface area contributed by atoms with Crippen molar-refractivity contribution in [3.8, 4) is 0 Å². The van der Waals surface area contributed by atoms with E-state index in [0.717, 1.165) is 21.8 Å². The number of thioether (sulfide) groups is 1. The molecule has 4 rings (SSSR count). The van der Waals surface area contributed by atoms with Gasteiger partial charge in [-0.05, 0) is 66.2 Å². The molecule has 1 aliphatic heterocycles. The van der Waals surface area contributed by atoms with E-state index < -0.39 is 0 Å². The van der Waals surface area contributed by atoms with Crippen molar-refractivity contribution in [2.45, 2.75) is 25.6 Å². The summed E-state index contributed by atoms with van der Waals surface area (Å²) in [4.78, 5) is 27.9. The van der Waals surface area contributed by atoms with Crippen molar-refractivity contribution < 1.29 is 9.59 Å². The highest BCUT2D eigenvalue weighted by molar-refractivity contribution is 8.00. The minimum atomic E-state index is -0.0984. The van der Waals surface area contributed by atoms with Crippen LogP contribution >= 0.6 is 23.1 Å². The molecule has 1 atom stereocenters. The van der Waals surface area contributed by atoms with Gasteiger partial charge in [0, 0.05) is 16.3 Å². The second-order valence-electron chi connectivity index (χ2n) is 7.13. The molecule has 0 bridgehead atoms. The Morgan fingerprint density at radius 2 is 1.97 bits per heavy atom. The first kappa shape index (κ1) is 19.7. The summed E-state index contributed by atoms with van der Waals surface area (Å²) in [6, 6.07) is 17.8. The Labute approximate surface area is 178 Å². The van der Waals surface area contributed by atoms with Crippen molar-refractivity contribution in [1.82, 2.24) is 0 Å². The molecule has 2 aromatic carbocycles. The third-order valence-corrected chi connectivity index (χ3v) is 7.10. The lowest BCUT2D eigenvalue weighted by Gasteiger charge is -2.25. The van der Waals surface area contributed by atoms with Crippen LogP contribution in [0, 0.1) is 13.8 Å². The lowest BCUT2D eigenvalue weighted by molar-refractivity contribution is -0.116. The number of nitrogens with zero attached hydrogens (tertiary/aromatic N) is 1. The molecule has 148 valence electrons. The largest absolute Gasteiger partial charge is 0.326 e. The van der Waals surface area contributed by atoms with Crippen LogP contribution in [0.4, 0.5) is 11.4 Å². The van der Waals surface area contributed by atoms with E-state index in [1.165, 1.54) is 11.1 Å². The molecule has 0 saturated carbocycles. The summed E-state index contributed by atoms with van der Waals surface area (Å²) < 4.78 is 0. The summed E-state index contributed by atoms with van der Waals surface area (Å²) in [6.07, 6.45) is 0.368. The number of aryl methyl sites for hydroxylation is 2. The molecule has 6 heteroatoms. The number of hydrogen-bond acceptors (Lipinski definition) is 4. The summed E-state index contributed by atoms with van der Waals surface area (Å²) in [7, 11) is 0. The van der Waals surface area contributed by atoms with E-state index in [2.05, 4.69) is 31.3 Å². The van der Waals surface area contributed by atoms with Crippen LogP contribution in [0.25, 0.3) is 0 Å². The number of amides is 2. The standard InChI is InChI=1S/C23H22N2O2S2/c1-15-8-9-19(11-16(15)2)25-22(27)14-29-23(25)17-5-3-6-18(12-17)24-21(26)13-20-7-4-10-28-20/h3-12,23H,13-14H2,1-2H3,(H,24,26)/t23-/m0/s1. The quantitative estimate of drug-likeness (QED) is 0.605. The number of nitrogens with one attached hydrogen (secondary N) is 1. The van der Waals surface area contributed by atoms with E-state index in [0.29, 0.717) is 12.2 Å². The zero-order chi connectivity index (χ0) is 20.4. The van der Waals surface area contributed by atoms with Gasteiger partial charge in [0.2, 0.25) is 11.8 Å². The smallest absolute Gasteiger partial charge is 0.238 e. The van der Waals surface area contributed by atoms with E-state index in [1.807, 2.05) is 52.7 Å². The number of carbonyl (C=O) groups excluding carboxylic acids is 2. The van der Waals surface area contributed by atoms with Crippen molar-refractivity contribution in [2.24, 2.45) is 0 Å². The van der Waals surface area contributed by atoms with Crippen molar-refractivity contribution in [1.29, 1.82) is 0 Å². The number of hydrogen-bond donors (Lipinski definition) is 1. The molecule has 2 amide bonds. The molecule has 0 unspecified atom stereocenters. The van der Waals surface area contributed by atoms with E-state index in [-0.39, 0.29) is 17.2 Å². The summed E-state index contributed by atoms with van der Waals surface area (Å²) in [5, 5.41) is 4.85. The monoisotopic (exact) mass is 422 g/mol. The number of benzene rings is 2. The molecule has 4 nitrogen and oxygen atoms in total. The molecule has 1 aromatic heterocycles. The Kier molecular flexibility index (Phi) is 5.74. The van der Waals surface area contributed by atoms with Crippen LogP contribution in [0.2, 0.25) is 0 Å². The van der Waals surface area contributed by atoms with E-state index in [4.69, 9.17) is 0 Å². The van der Waals surface area contributed by atoms with Crippen molar-refractivity contribution in [2.75, 3.05) is 16.0 Å². The zero-order valence-corrected chi connectivity index (χ0v) is 18.0. The van der Waals surface area contributed by atoms with Crippen LogP contribution < -0.4 is 10.2 Å². The van der Waals surface area contributed by atoms with Crippen LogP contribution in [-0.2, 0) is 16.0 Å². The highest BCUT2D eigenvalue weighted by atomic mass is 32.2. The van der Waals surface area contributed by atoms with Crippen LogP contribution in [0.15, 0.2) is 60.0 Å². The molecule has 0 aliphatic carbocycles. The van der Waals surface area contributed by atoms with Gasteiger partial charge < -0.3 is 5.32 Å². The van der Waals surface area contributed by atoms with Gasteiger partial charge in [0.05, 0.1) is 12.2 Å². The van der Waals surface area contributed by atoms with Gasteiger partial charge in [-0.1, -0.05) is 24.3 Å². The first-order valence-electron chi connectivity index (χ1n) is 9.44. The van der Waals surface area contributed by atoms with Gasteiger partial charge in [0.15, 0.2) is 0 Å². The van der Waals surface area contributed by atoms with Gasteiger partial charge >= 0.3 is 0 Å². The van der Waals surface area contributed by atoms with E-state index in [1.54, 1.807) is 23.1 Å². The zero-order valence-electron chi connectivity index (χ0n) is 16.3. The molecule has 29 heavy (non-hydrogen) atoms. The lowest BCUT2D eigenvalue weighted by Crippen LogP contribution is -2.28. The summed E-state index contributed by atoms with van der Waals surface area (Å²) in [6.45, 7) is 4.13. The van der Waals surface area contributed by atoms with Gasteiger partial charge in [-0.3, -0.25) is 14.5 Å². The van der Waals surface area contributed by atoms with Crippen molar-refractivity contribution in [3.05, 3.63) is 81.5 Å².